The molecule has 0 bridgehead atoms. The SMILES string of the molecule is CC(C)(C)c1ccc(N2B3c4cccc5c4N(c4ccccc4C5(c4ccccc4)c4ccccc4)c4cc5c(sc6ccccc65)c(c43)-c3cc4c(cc32)-c2ccccc2C4(C)C)cc1. The molecule has 0 saturated carbocycles. The number of hydrogen-bond acceptors (Lipinski definition) is 3. The van der Waals surface area contributed by atoms with E-state index in [1.165, 1.54) is 121 Å². The molecule has 2 nitrogen and oxygen atoms in total. The lowest BCUT2D eigenvalue weighted by Gasteiger charge is -2.52. The van der Waals surface area contributed by atoms with Crippen molar-refractivity contribution in [3.05, 3.63) is 233 Å². The van der Waals surface area contributed by atoms with Crippen molar-refractivity contribution < 1.29 is 0 Å². The lowest BCUT2D eigenvalue weighted by molar-refractivity contribution is 0.590. The summed E-state index contributed by atoms with van der Waals surface area (Å²) in [4.78, 5) is 5.39. The average molecular weight is 863 g/mol. The fourth-order valence-electron chi connectivity index (χ4n) is 12.7. The predicted molar refractivity (Wildman–Crippen MR) is 281 cm³/mol. The summed E-state index contributed by atoms with van der Waals surface area (Å²) in [5.41, 5.74) is 22.8. The van der Waals surface area contributed by atoms with Gasteiger partial charge in [0.2, 0.25) is 0 Å². The number of anilines is 5. The molecule has 1 aromatic heterocycles. The summed E-state index contributed by atoms with van der Waals surface area (Å²) in [5.74, 6) is 0. The summed E-state index contributed by atoms with van der Waals surface area (Å²) in [6.07, 6.45) is 0. The first kappa shape index (κ1) is 38.2. The third-order valence-electron chi connectivity index (χ3n) is 15.7. The van der Waals surface area contributed by atoms with Crippen LogP contribution in [0.3, 0.4) is 0 Å². The molecular formula is C62H47BN2S. The van der Waals surface area contributed by atoms with Gasteiger partial charge in [0.1, 0.15) is 0 Å². The van der Waals surface area contributed by atoms with Crippen LogP contribution in [0.4, 0.5) is 28.4 Å². The Hall–Kier alpha value is -7.14. The van der Waals surface area contributed by atoms with E-state index >= 15 is 0 Å². The number of rotatable bonds is 3. The van der Waals surface area contributed by atoms with Crippen molar-refractivity contribution in [3.8, 4) is 22.3 Å². The van der Waals surface area contributed by atoms with Gasteiger partial charge in [-0.2, -0.15) is 0 Å². The molecule has 4 aliphatic rings. The van der Waals surface area contributed by atoms with Crippen LogP contribution in [-0.4, -0.2) is 6.85 Å². The summed E-state index contributed by atoms with van der Waals surface area (Å²) in [5, 5.41) is 2.64. The molecule has 0 radical (unpaired) electrons. The molecule has 4 heterocycles. The van der Waals surface area contributed by atoms with E-state index < -0.39 is 5.41 Å². The second-order valence-corrected chi connectivity index (χ2v) is 21.4. The normalized spacial score (nSPS) is 15.5. The molecule has 0 atom stereocenters. The highest BCUT2D eigenvalue weighted by atomic mass is 32.1. The summed E-state index contributed by atoms with van der Waals surface area (Å²) in [6.45, 7) is 11.7. The van der Waals surface area contributed by atoms with Crippen LogP contribution in [0, 0.1) is 0 Å². The number of para-hydroxylation sites is 2. The molecule has 0 amide bonds. The van der Waals surface area contributed by atoms with E-state index in [1.807, 2.05) is 11.3 Å². The van der Waals surface area contributed by atoms with Crippen molar-refractivity contribution in [2.24, 2.45) is 0 Å². The van der Waals surface area contributed by atoms with Crippen molar-refractivity contribution in [2.75, 3.05) is 9.71 Å². The molecule has 0 saturated heterocycles. The van der Waals surface area contributed by atoms with E-state index in [4.69, 9.17) is 0 Å². The van der Waals surface area contributed by atoms with Gasteiger partial charge >= 0.3 is 6.85 Å². The molecule has 10 aromatic rings. The first-order chi connectivity index (χ1) is 32.2. The van der Waals surface area contributed by atoms with Gasteiger partial charge in [-0.05, 0) is 109 Å². The van der Waals surface area contributed by atoms with Gasteiger partial charge in [0, 0.05) is 59.5 Å². The maximum absolute atomic E-state index is 2.72. The Balaban J connectivity index is 1.17. The van der Waals surface area contributed by atoms with Crippen molar-refractivity contribution >= 4 is 77.7 Å². The smallest absolute Gasteiger partial charge is 0.333 e. The first-order valence-electron chi connectivity index (χ1n) is 23.5. The van der Waals surface area contributed by atoms with Gasteiger partial charge in [-0.1, -0.05) is 186 Å². The van der Waals surface area contributed by atoms with Gasteiger partial charge in [0.15, 0.2) is 0 Å². The van der Waals surface area contributed by atoms with Gasteiger partial charge in [-0.25, -0.2) is 0 Å². The Labute approximate surface area is 391 Å². The fourth-order valence-corrected chi connectivity index (χ4v) is 14.0. The highest BCUT2D eigenvalue weighted by Gasteiger charge is 2.54. The Morgan fingerprint density at radius 3 is 1.89 bits per heavy atom. The standard InChI is InChI=1S/C62H47BN2S/c1-60(2,3)38-31-33-41(34-32-38)65-53-36-44-42-23-12-14-25-47(42)61(4,5)50(44)35-46(53)56-57-54(37-45-43-24-13-17-30-55(43)66-59(45)56)64-52-29-16-15-26-48(52)62(39-19-8-6-9-20-39,40-21-10-7-11-22-40)49-27-18-28-51(58(49)64)63(57)65/h6-37H,1-5H3. The van der Waals surface area contributed by atoms with Gasteiger partial charge in [-0.3, -0.25) is 0 Å². The zero-order valence-corrected chi connectivity index (χ0v) is 38.7. The van der Waals surface area contributed by atoms with Crippen LogP contribution >= 0.6 is 11.3 Å². The Morgan fingerprint density at radius 1 is 0.500 bits per heavy atom. The van der Waals surface area contributed by atoms with Crippen LogP contribution in [0.2, 0.25) is 0 Å². The number of thiophene rings is 1. The van der Waals surface area contributed by atoms with Gasteiger partial charge in [0.05, 0.1) is 11.1 Å². The quantitative estimate of drug-likeness (QED) is 0.163. The Kier molecular flexibility index (Phi) is 7.66. The summed E-state index contributed by atoms with van der Waals surface area (Å²) in [7, 11) is 0. The Morgan fingerprint density at radius 2 is 1.15 bits per heavy atom. The lowest BCUT2D eigenvalue weighted by atomic mass is 9.42. The highest BCUT2D eigenvalue weighted by Crippen LogP contribution is 2.61. The summed E-state index contributed by atoms with van der Waals surface area (Å²) in [6, 6.07) is 74.4. The second kappa shape index (κ2) is 13.2. The van der Waals surface area contributed by atoms with Gasteiger partial charge < -0.3 is 9.71 Å². The molecule has 66 heavy (non-hydrogen) atoms. The van der Waals surface area contributed by atoms with Crippen molar-refractivity contribution in [1.29, 1.82) is 0 Å². The van der Waals surface area contributed by atoms with Crippen molar-refractivity contribution in [1.82, 2.24) is 0 Å². The number of hydrogen-bond donors (Lipinski definition) is 0. The molecule has 314 valence electrons. The van der Waals surface area contributed by atoms with E-state index in [0.717, 1.165) is 0 Å². The molecule has 1 aliphatic carbocycles. The third kappa shape index (κ3) is 4.82. The topological polar surface area (TPSA) is 6.48 Å². The van der Waals surface area contributed by atoms with E-state index in [0.29, 0.717) is 0 Å². The van der Waals surface area contributed by atoms with Crippen molar-refractivity contribution in [2.45, 2.75) is 50.9 Å². The van der Waals surface area contributed by atoms with Crippen LogP contribution in [0.5, 0.6) is 0 Å². The highest BCUT2D eigenvalue weighted by molar-refractivity contribution is 7.26. The molecule has 0 spiro atoms. The minimum absolute atomic E-state index is 0.0243. The molecule has 0 unspecified atom stereocenters. The summed E-state index contributed by atoms with van der Waals surface area (Å²) < 4.78 is 2.69. The molecule has 3 aliphatic heterocycles. The van der Waals surface area contributed by atoms with E-state index in [2.05, 4.69) is 238 Å². The Bertz CT molecular complexity index is 3630. The number of benzene rings is 9. The second-order valence-electron chi connectivity index (χ2n) is 20.4. The van der Waals surface area contributed by atoms with E-state index in [9.17, 15) is 0 Å². The maximum Gasteiger partial charge on any atom is 0.333 e. The number of nitrogens with zero attached hydrogens (tertiary/aromatic N) is 2. The van der Waals surface area contributed by atoms with Crippen LogP contribution in [0.1, 0.15) is 73.6 Å². The van der Waals surface area contributed by atoms with Crippen LogP contribution in [0.15, 0.2) is 194 Å². The minimum Gasteiger partial charge on any atom is -0.376 e. The molecular weight excluding hydrogens is 816 g/mol. The largest absolute Gasteiger partial charge is 0.376 e. The monoisotopic (exact) mass is 862 g/mol. The van der Waals surface area contributed by atoms with Crippen LogP contribution < -0.4 is 20.6 Å². The first-order valence-corrected chi connectivity index (χ1v) is 24.3. The van der Waals surface area contributed by atoms with Gasteiger partial charge in [0.25, 0.3) is 0 Å². The van der Waals surface area contributed by atoms with E-state index in [1.54, 1.807) is 0 Å². The molecule has 9 aromatic carbocycles. The fraction of sp³-hybridized carbons (Fsp3) is 0.129. The average Bonchev–Trinajstić information content (AvgIpc) is 3.83. The zero-order chi connectivity index (χ0) is 44.3. The van der Waals surface area contributed by atoms with Crippen LogP contribution in [0.25, 0.3) is 42.4 Å². The predicted octanol–water partition coefficient (Wildman–Crippen LogP) is 15.1. The molecule has 0 N–H and O–H groups in total. The molecule has 14 rings (SSSR count). The number of fused-ring (bicyclic) bond motifs is 13. The van der Waals surface area contributed by atoms with Crippen molar-refractivity contribution in [3.63, 3.8) is 0 Å². The zero-order valence-electron chi connectivity index (χ0n) is 37.9. The van der Waals surface area contributed by atoms with Crippen LogP contribution in [-0.2, 0) is 16.2 Å². The maximum atomic E-state index is 2.72. The summed E-state index contributed by atoms with van der Waals surface area (Å²) >= 11 is 1.96. The minimum atomic E-state index is -0.581. The van der Waals surface area contributed by atoms with Gasteiger partial charge in [-0.15, -0.1) is 11.3 Å². The molecule has 0 fully saturated rings. The molecule has 4 heteroatoms. The third-order valence-corrected chi connectivity index (χ3v) is 16.9. The van der Waals surface area contributed by atoms with E-state index in [-0.39, 0.29) is 17.7 Å². The lowest BCUT2D eigenvalue weighted by Crippen LogP contribution is -2.62.